The fourth-order valence-electron chi connectivity index (χ4n) is 2.31. The van der Waals surface area contributed by atoms with Gasteiger partial charge in [-0.25, -0.2) is 4.79 Å². The van der Waals surface area contributed by atoms with Crippen LogP contribution in [0.1, 0.15) is 28.4 Å². The third-order valence-corrected chi connectivity index (χ3v) is 3.25. The summed E-state index contributed by atoms with van der Waals surface area (Å²) in [6, 6.07) is 9.19. The Morgan fingerprint density at radius 3 is 2.36 bits per heavy atom. The van der Waals surface area contributed by atoms with Crippen LogP contribution in [0.15, 0.2) is 36.4 Å². The Morgan fingerprint density at radius 1 is 1.05 bits per heavy atom. The van der Waals surface area contributed by atoms with Crippen molar-refractivity contribution < 1.29 is 24.9 Å². The number of esters is 1. The minimum absolute atomic E-state index is 0.0171. The number of aryl methyl sites for hydroxylation is 2. The molecule has 0 bridgehead atoms. The molecule has 0 amide bonds. The van der Waals surface area contributed by atoms with E-state index >= 15 is 0 Å². The summed E-state index contributed by atoms with van der Waals surface area (Å²) in [5.74, 6) is -0.711. The lowest BCUT2D eigenvalue weighted by Crippen LogP contribution is -2.09. The van der Waals surface area contributed by atoms with Crippen molar-refractivity contribution in [2.75, 3.05) is 6.61 Å². The lowest BCUT2D eigenvalue weighted by molar-refractivity contribution is 0.0521. The fourth-order valence-corrected chi connectivity index (χ4v) is 2.31. The molecule has 0 radical (unpaired) electrons. The Bertz CT molecular complexity index is 658. The van der Waals surface area contributed by atoms with Crippen LogP contribution >= 0.6 is 0 Å². The first-order valence-electron chi connectivity index (χ1n) is 7.01. The van der Waals surface area contributed by atoms with Crippen molar-refractivity contribution in [2.24, 2.45) is 0 Å². The zero-order valence-corrected chi connectivity index (χ0v) is 12.2. The van der Waals surface area contributed by atoms with Gasteiger partial charge in [0.15, 0.2) is 0 Å². The van der Waals surface area contributed by atoms with Gasteiger partial charge in [0.1, 0.15) is 22.8 Å². The number of rotatable bonds is 5. The molecular formula is C17H18O5. The quantitative estimate of drug-likeness (QED) is 0.739. The molecule has 0 unspecified atom stereocenters. The molecule has 22 heavy (non-hydrogen) atoms. The highest BCUT2D eigenvalue weighted by atomic mass is 16.5. The maximum atomic E-state index is 11.9. The molecule has 2 rings (SSSR count). The number of carbonyl (C=O) groups is 1. The van der Waals surface area contributed by atoms with Crippen LogP contribution in [0.5, 0.6) is 17.2 Å². The van der Waals surface area contributed by atoms with Gasteiger partial charge in [-0.2, -0.15) is 0 Å². The van der Waals surface area contributed by atoms with Gasteiger partial charge in [0.25, 0.3) is 0 Å². The molecule has 0 saturated heterocycles. The van der Waals surface area contributed by atoms with Gasteiger partial charge >= 0.3 is 5.97 Å². The molecule has 0 atom stereocenters. The average Bonchev–Trinajstić information content (AvgIpc) is 2.44. The minimum Gasteiger partial charge on any atom is -0.508 e. The SMILES string of the molecule is CCOC(=O)c1c(O)cccc1CCc1cc(O)cc(O)c1. The Hall–Kier alpha value is -2.69. The lowest BCUT2D eigenvalue weighted by atomic mass is 9.99. The number of hydrogen-bond acceptors (Lipinski definition) is 5. The first-order chi connectivity index (χ1) is 10.5. The molecule has 0 aliphatic heterocycles. The highest BCUT2D eigenvalue weighted by Crippen LogP contribution is 2.25. The van der Waals surface area contributed by atoms with E-state index in [0.29, 0.717) is 18.4 Å². The molecule has 2 aromatic carbocycles. The monoisotopic (exact) mass is 302 g/mol. The third kappa shape index (κ3) is 3.69. The summed E-state index contributed by atoms with van der Waals surface area (Å²) in [4.78, 5) is 11.9. The normalized spacial score (nSPS) is 10.4. The molecule has 0 heterocycles. The van der Waals surface area contributed by atoms with Crippen molar-refractivity contribution in [3.8, 4) is 17.2 Å². The van der Waals surface area contributed by atoms with Crippen molar-refractivity contribution in [1.29, 1.82) is 0 Å². The molecule has 116 valence electrons. The molecule has 2 aromatic rings. The molecule has 0 aliphatic carbocycles. The highest BCUT2D eigenvalue weighted by Gasteiger charge is 2.17. The van der Waals surface area contributed by atoms with E-state index in [2.05, 4.69) is 0 Å². The van der Waals surface area contributed by atoms with Gasteiger partial charge in [0.05, 0.1) is 6.61 Å². The van der Waals surface area contributed by atoms with Crippen LogP contribution in [0.2, 0.25) is 0 Å². The Morgan fingerprint density at radius 2 is 1.73 bits per heavy atom. The molecule has 0 aliphatic rings. The van der Waals surface area contributed by atoms with Crippen molar-refractivity contribution in [3.63, 3.8) is 0 Å². The first-order valence-corrected chi connectivity index (χ1v) is 7.01. The predicted octanol–water partition coefficient (Wildman–Crippen LogP) is 2.77. The fraction of sp³-hybridized carbons (Fsp3) is 0.235. The Balaban J connectivity index is 2.22. The lowest BCUT2D eigenvalue weighted by Gasteiger charge is -2.11. The van der Waals surface area contributed by atoms with Crippen LogP contribution in [0, 0.1) is 0 Å². The van der Waals surface area contributed by atoms with Gasteiger partial charge in [-0.1, -0.05) is 12.1 Å². The van der Waals surface area contributed by atoms with Crippen molar-refractivity contribution >= 4 is 5.97 Å². The summed E-state index contributed by atoms with van der Waals surface area (Å²) >= 11 is 0. The predicted molar refractivity (Wildman–Crippen MR) is 81.2 cm³/mol. The number of phenolic OH excluding ortho intramolecular Hbond substituents is 3. The second-order valence-corrected chi connectivity index (χ2v) is 4.89. The van der Waals surface area contributed by atoms with E-state index in [1.807, 2.05) is 0 Å². The van der Waals surface area contributed by atoms with Crippen molar-refractivity contribution in [3.05, 3.63) is 53.1 Å². The highest BCUT2D eigenvalue weighted by molar-refractivity contribution is 5.94. The number of hydrogen-bond donors (Lipinski definition) is 3. The van der Waals surface area contributed by atoms with Crippen molar-refractivity contribution in [1.82, 2.24) is 0 Å². The van der Waals surface area contributed by atoms with E-state index in [9.17, 15) is 20.1 Å². The molecule has 0 saturated carbocycles. The number of ether oxygens (including phenoxy) is 1. The number of carbonyl (C=O) groups excluding carboxylic acids is 1. The van der Waals surface area contributed by atoms with Gasteiger partial charge in [0, 0.05) is 6.07 Å². The Kier molecular flexibility index (Phi) is 4.88. The molecule has 0 aromatic heterocycles. The number of aromatic hydroxyl groups is 3. The van der Waals surface area contributed by atoms with Crippen LogP contribution in [-0.4, -0.2) is 27.9 Å². The van der Waals surface area contributed by atoms with Crippen LogP contribution in [0.25, 0.3) is 0 Å². The van der Waals surface area contributed by atoms with E-state index in [-0.39, 0.29) is 29.4 Å². The summed E-state index contributed by atoms with van der Waals surface area (Å²) in [6.07, 6.45) is 0.962. The van der Waals surface area contributed by atoms with E-state index in [1.165, 1.54) is 12.1 Å². The van der Waals surface area contributed by atoms with E-state index in [0.717, 1.165) is 5.56 Å². The van der Waals surface area contributed by atoms with Crippen LogP contribution < -0.4 is 0 Å². The number of phenols is 3. The van der Waals surface area contributed by atoms with Crippen LogP contribution in [0.3, 0.4) is 0 Å². The number of benzene rings is 2. The Labute approximate surface area is 128 Å². The maximum Gasteiger partial charge on any atom is 0.342 e. The van der Waals surface area contributed by atoms with Gasteiger partial charge in [0.2, 0.25) is 0 Å². The van der Waals surface area contributed by atoms with Crippen LogP contribution in [0.4, 0.5) is 0 Å². The van der Waals surface area contributed by atoms with E-state index in [4.69, 9.17) is 4.74 Å². The molecule has 5 nitrogen and oxygen atoms in total. The summed E-state index contributed by atoms with van der Waals surface area (Å²) < 4.78 is 4.96. The summed E-state index contributed by atoms with van der Waals surface area (Å²) in [5.41, 5.74) is 1.55. The molecule has 5 heteroatoms. The smallest absolute Gasteiger partial charge is 0.342 e. The van der Waals surface area contributed by atoms with E-state index in [1.54, 1.807) is 31.2 Å². The zero-order valence-electron chi connectivity index (χ0n) is 12.2. The third-order valence-electron chi connectivity index (χ3n) is 3.25. The zero-order chi connectivity index (χ0) is 16.1. The summed E-state index contributed by atoms with van der Waals surface area (Å²) in [6.45, 7) is 1.93. The van der Waals surface area contributed by atoms with Gasteiger partial charge in [-0.3, -0.25) is 0 Å². The van der Waals surface area contributed by atoms with Gasteiger partial charge < -0.3 is 20.1 Å². The minimum atomic E-state index is -0.561. The second kappa shape index (κ2) is 6.85. The molecular weight excluding hydrogens is 284 g/mol. The average molecular weight is 302 g/mol. The van der Waals surface area contributed by atoms with Crippen molar-refractivity contribution in [2.45, 2.75) is 19.8 Å². The molecule has 3 N–H and O–H groups in total. The van der Waals surface area contributed by atoms with Gasteiger partial charge in [-0.05, 0) is 49.1 Å². The second-order valence-electron chi connectivity index (χ2n) is 4.89. The topological polar surface area (TPSA) is 87.0 Å². The van der Waals surface area contributed by atoms with E-state index < -0.39 is 5.97 Å². The van der Waals surface area contributed by atoms with Gasteiger partial charge in [-0.15, -0.1) is 0 Å². The molecule has 0 spiro atoms. The summed E-state index contributed by atoms with van der Waals surface area (Å²) in [5, 5.41) is 28.8. The maximum absolute atomic E-state index is 11.9. The largest absolute Gasteiger partial charge is 0.508 e. The standard InChI is InChI=1S/C17H18O5/c1-2-22-17(21)16-12(4-3-5-15(16)20)7-6-11-8-13(18)10-14(19)9-11/h3-5,8-10,18-20H,2,6-7H2,1H3. The molecule has 0 fully saturated rings. The first kappa shape index (κ1) is 15.7. The van der Waals surface area contributed by atoms with Crippen LogP contribution in [-0.2, 0) is 17.6 Å². The summed E-state index contributed by atoms with van der Waals surface area (Å²) in [7, 11) is 0.